The number of amides is 1. The van der Waals surface area contributed by atoms with Gasteiger partial charge in [-0.1, -0.05) is 18.2 Å². The van der Waals surface area contributed by atoms with Crippen molar-refractivity contribution in [3.63, 3.8) is 0 Å². The zero-order valence-electron chi connectivity index (χ0n) is 12.0. The molecule has 1 saturated heterocycles. The summed E-state index contributed by atoms with van der Waals surface area (Å²) in [6.45, 7) is 0.788. The second-order valence-electron chi connectivity index (χ2n) is 5.42. The van der Waals surface area contributed by atoms with E-state index in [1.807, 2.05) is 35.2 Å². The molecule has 0 aliphatic carbocycles. The van der Waals surface area contributed by atoms with Crippen LogP contribution in [0.1, 0.15) is 34.2 Å². The van der Waals surface area contributed by atoms with Gasteiger partial charge in [-0.3, -0.25) is 9.78 Å². The second kappa shape index (κ2) is 5.50. The third kappa shape index (κ3) is 2.27. The Morgan fingerprint density at radius 1 is 1.18 bits per heavy atom. The lowest BCUT2D eigenvalue weighted by Gasteiger charge is -2.23. The predicted octanol–water partition coefficient (Wildman–Crippen LogP) is 3.67. The van der Waals surface area contributed by atoms with E-state index in [2.05, 4.69) is 21.4 Å². The van der Waals surface area contributed by atoms with Crippen molar-refractivity contribution >= 4 is 28.3 Å². The van der Waals surface area contributed by atoms with E-state index in [4.69, 9.17) is 0 Å². The molecular weight excluding hydrogens is 294 g/mol. The lowest BCUT2D eigenvalue weighted by atomic mass is 10.2. The Kier molecular flexibility index (Phi) is 3.35. The number of likely N-dealkylation sites (tertiary alicyclic amines) is 1. The molecule has 110 valence electrons. The molecule has 1 aromatic carbocycles. The Labute approximate surface area is 132 Å². The van der Waals surface area contributed by atoms with E-state index in [9.17, 15) is 4.79 Å². The van der Waals surface area contributed by atoms with Crippen molar-refractivity contribution in [2.75, 3.05) is 6.54 Å². The van der Waals surface area contributed by atoms with Gasteiger partial charge in [0.05, 0.1) is 23.3 Å². The highest BCUT2D eigenvalue weighted by molar-refractivity contribution is 7.10. The van der Waals surface area contributed by atoms with Crippen LogP contribution in [0, 0.1) is 0 Å². The van der Waals surface area contributed by atoms with Crippen LogP contribution in [0.3, 0.4) is 0 Å². The van der Waals surface area contributed by atoms with Crippen LogP contribution in [-0.2, 0) is 0 Å². The SMILES string of the molecule is O=C(c1cnc2ccccc2n1)N1CCCC1c1cccs1. The number of para-hydroxylation sites is 2. The molecule has 1 atom stereocenters. The number of nitrogens with zero attached hydrogens (tertiary/aromatic N) is 3. The lowest BCUT2D eigenvalue weighted by Crippen LogP contribution is -2.31. The number of thiophene rings is 1. The summed E-state index contributed by atoms with van der Waals surface area (Å²) in [5.41, 5.74) is 2.01. The Balaban J connectivity index is 1.67. The van der Waals surface area contributed by atoms with Crippen molar-refractivity contribution in [1.29, 1.82) is 0 Å². The summed E-state index contributed by atoms with van der Waals surface area (Å²) in [6, 6.07) is 12.0. The van der Waals surface area contributed by atoms with Gasteiger partial charge in [0, 0.05) is 11.4 Å². The first-order valence-corrected chi connectivity index (χ1v) is 8.27. The molecule has 3 aromatic rings. The highest BCUT2D eigenvalue weighted by Gasteiger charge is 2.31. The van der Waals surface area contributed by atoms with E-state index in [1.165, 1.54) is 4.88 Å². The van der Waals surface area contributed by atoms with E-state index < -0.39 is 0 Å². The summed E-state index contributed by atoms with van der Waals surface area (Å²) < 4.78 is 0. The number of benzene rings is 1. The average molecular weight is 309 g/mol. The summed E-state index contributed by atoms with van der Waals surface area (Å²) >= 11 is 1.71. The maximum Gasteiger partial charge on any atom is 0.274 e. The first-order valence-electron chi connectivity index (χ1n) is 7.39. The van der Waals surface area contributed by atoms with Crippen molar-refractivity contribution in [3.8, 4) is 0 Å². The van der Waals surface area contributed by atoms with Gasteiger partial charge in [-0.05, 0) is 36.4 Å². The molecule has 0 bridgehead atoms. The van der Waals surface area contributed by atoms with Gasteiger partial charge in [0.2, 0.25) is 0 Å². The lowest BCUT2D eigenvalue weighted by molar-refractivity contribution is 0.0732. The van der Waals surface area contributed by atoms with Gasteiger partial charge in [0.1, 0.15) is 5.69 Å². The highest BCUT2D eigenvalue weighted by atomic mass is 32.1. The predicted molar refractivity (Wildman–Crippen MR) is 86.9 cm³/mol. The van der Waals surface area contributed by atoms with Crippen LogP contribution in [0.4, 0.5) is 0 Å². The Bertz CT molecular complexity index is 816. The molecule has 0 N–H and O–H groups in total. The molecule has 0 saturated carbocycles. The molecular formula is C17H15N3OS. The van der Waals surface area contributed by atoms with Gasteiger partial charge < -0.3 is 4.90 Å². The van der Waals surface area contributed by atoms with Gasteiger partial charge in [-0.15, -0.1) is 11.3 Å². The fraction of sp³-hybridized carbons (Fsp3) is 0.235. The van der Waals surface area contributed by atoms with E-state index in [0.29, 0.717) is 5.69 Å². The van der Waals surface area contributed by atoms with Crippen molar-refractivity contribution < 1.29 is 4.79 Å². The summed E-state index contributed by atoms with van der Waals surface area (Å²) in [4.78, 5) is 24.8. The van der Waals surface area contributed by atoms with Crippen molar-refractivity contribution in [1.82, 2.24) is 14.9 Å². The molecule has 5 heteroatoms. The van der Waals surface area contributed by atoms with Gasteiger partial charge >= 0.3 is 0 Å². The Morgan fingerprint density at radius 3 is 2.86 bits per heavy atom. The second-order valence-corrected chi connectivity index (χ2v) is 6.40. The zero-order chi connectivity index (χ0) is 14.9. The standard InChI is InChI=1S/C17H15N3OS/c21-17(14-11-18-12-5-1-2-6-13(12)19-14)20-9-3-7-15(20)16-8-4-10-22-16/h1-2,4-6,8,10-11,15H,3,7,9H2. The molecule has 4 nitrogen and oxygen atoms in total. The highest BCUT2D eigenvalue weighted by Crippen LogP contribution is 2.35. The zero-order valence-corrected chi connectivity index (χ0v) is 12.8. The fourth-order valence-corrected chi connectivity index (χ4v) is 3.87. The van der Waals surface area contributed by atoms with Crippen molar-refractivity contribution in [3.05, 3.63) is 58.5 Å². The normalized spacial score (nSPS) is 18.0. The number of hydrogen-bond acceptors (Lipinski definition) is 4. The molecule has 1 aliphatic heterocycles. The van der Waals surface area contributed by atoms with Gasteiger partial charge in [0.15, 0.2) is 0 Å². The van der Waals surface area contributed by atoms with Crippen LogP contribution in [0.5, 0.6) is 0 Å². The first-order chi connectivity index (χ1) is 10.8. The molecule has 0 radical (unpaired) electrons. The van der Waals surface area contributed by atoms with Crippen LogP contribution in [-0.4, -0.2) is 27.3 Å². The maximum atomic E-state index is 12.8. The number of fused-ring (bicyclic) bond motifs is 1. The van der Waals surface area contributed by atoms with Gasteiger partial charge in [-0.25, -0.2) is 4.98 Å². The van der Waals surface area contributed by atoms with E-state index in [1.54, 1.807) is 17.5 Å². The summed E-state index contributed by atoms with van der Waals surface area (Å²) in [5.74, 6) is -0.0193. The third-order valence-corrected chi connectivity index (χ3v) is 5.03. The van der Waals surface area contributed by atoms with E-state index in [-0.39, 0.29) is 11.9 Å². The Hall–Kier alpha value is -2.27. The van der Waals surface area contributed by atoms with Crippen LogP contribution in [0.15, 0.2) is 48.0 Å². The number of hydrogen-bond donors (Lipinski definition) is 0. The monoisotopic (exact) mass is 309 g/mol. The summed E-state index contributed by atoms with van der Waals surface area (Å²) in [5, 5.41) is 2.06. The molecule has 1 amide bonds. The van der Waals surface area contributed by atoms with Crippen LogP contribution in [0.25, 0.3) is 11.0 Å². The van der Waals surface area contributed by atoms with E-state index in [0.717, 1.165) is 30.4 Å². The van der Waals surface area contributed by atoms with Crippen LogP contribution in [0.2, 0.25) is 0 Å². The molecule has 2 aromatic heterocycles. The minimum absolute atomic E-state index is 0.0193. The molecule has 22 heavy (non-hydrogen) atoms. The van der Waals surface area contributed by atoms with Gasteiger partial charge in [0.25, 0.3) is 5.91 Å². The molecule has 0 spiro atoms. The molecule has 4 rings (SSSR count). The quantitative estimate of drug-likeness (QED) is 0.725. The number of carbonyl (C=O) groups excluding carboxylic acids is 1. The topological polar surface area (TPSA) is 46.1 Å². The van der Waals surface area contributed by atoms with Crippen molar-refractivity contribution in [2.24, 2.45) is 0 Å². The van der Waals surface area contributed by atoms with Crippen LogP contribution < -0.4 is 0 Å². The fourth-order valence-electron chi connectivity index (χ4n) is 2.99. The molecule has 1 unspecified atom stereocenters. The number of carbonyl (C=O) groups is 1. The minimum atomic E-state index is -0.0193. The Morgan fingerprint density at radius 2 is 2.05 bits per heavy atom. The molecule has 1 fully saturated rings. The number of rotatable bonds is 2. The average Bonchev–Trinajstić information content (AvgIpc) is 3.24. The third-order valence-electron chi connectivity index (χ3n) is 4.05. The van der Waals surface area contributed by atoms with Gasteiger partial charge in [-0.2, -0.15) is 0 Å². The van der Waals surface area contributed by atoms with Crippen LogP contribution >= 0.6 is 11.3 Å². The first kappa shape index (κ1) is 13.4. The maximum absolute atomic E-state index is 12.8. The van der Waals surface area contributed by atoms with Crippen molar-refractivity contribution in [2.45, 2.75) is 18.9 Å². The minimum Gasteiger partial charge on any atom is -0.329 e. The molecule has 1 aliphatic rings. The number of aromatic nitrogens is 2. The van der Waals surface area contributed by atoms with E-state index >= 15 is 0 Å². The summed E-state index contributed by atoms with van der Waals surface area (Å²) in [6.07, 6.45) is 3.65. The summed E-state index contributed by atoms with van der Waals surface area (Å²) in [7, 11) is 0. The molecule has 3 heterocycles. The smallest absolute Gasteiger partial charge is 0.274 e. The largest absolute Gasteiger partial charge is 0.329 e.